The molecule has 0 spiro atoms. The maximum absolute atomic E-state index is 6.31. The zero-order valence-electron chi connectivity index (χ0n) is 12.7. The summed E-state index contributed by atoms with van der Waals surface area (Å²) >= 11 is 0. The van der Waals surface area contributed by atoms with E-state index in [1.165, 1.54) is 0 Å². The van der Waals surface area contributed by atoms with Gasteiger partial charge in [0.05, 0.1) is 12.0 Å². The molecule has 0 radical (unpaired) electrons. The molecule has 0 fully saturated rings. The predicted molar refractivity (Wildman–Crippen MR) is 80.1 cm³/mol. The first-order valence-corrected chi connectivity index (χ1v) is 9.11. The van der Waals surface area contributed by atoms with E-state index < -0.39 is 8.80 Å². The summed E-state index contributed by atoms with van der Waals surface area (Å²) < 4.78 is 19.5. The van der Waals surface area contributed by atoms with Gasteiger partial charge in [-0.05, 0) is 33.6 Å². The maximum atomic E-state index is 6.31. The van der Waals surface area contributed by atoms with Crippen LogP contribution >= 0.6 is 0 Å². The Hall–Kier alpha value is -0.733. The zero-order chi connectivity index (χ0) is 14.8. The van der Waals surface area contributed by atoms with E-state index in [9.17, 15) is 0 Å². The largest absolute Gasteiger partial charge is 0.518 e. The quantitative estimate of drug-likeness (QED) is 0.628. The molecule has 0 aliphatic heterocycles. The molecule has 0 aromatic carbocycles. The fourth-order valence-corrected chi connectivity index (χ4v) is 4.80. The van der Waals surface area contributed by atoms with Gasteiger partial charge in [-0.3, -0.25) is 0 Å². The first kappa shape index (κ1) is 17.3. The van der Waals surface area contributed by atoms with Crippen LogP contribution in [0.2, 0.25) is 0 Å². The topological polar surface area (TPSA) is 71.5 Å². The van der Waals surface area contributed by atoms with Gasteiger partial charge in [-0.1, -0.05) is 0 Å². The molecular weight excluding hydrogens is 274 g/mol. The molecule has 0 aliphatic rings. The number of hydrogen-bond donors (Lipinski definition) is 1. The standard InChI is InChI=1S/C13H27N3O3Si/c1-4-17-20(18-5-2,19-6-3)13(14)8-7-10-16-11-9-15-12-16/h9,11-13H,4-8,10,14H2,1-3H3. The fraction of sp³-hybridized carbons (Fsp3) is 0.769. The summed E-state index contributed by atoms with van der Waals surface area (Å²) in [5.74, 6) is 0. The van der Waals surface area contributed by atoms with Crippen LogP contribution in [0.3, 0.4) is 0 Å². The molecule has 20 heavy (non-hydrogen) atoms. The number of hydrogen-bond acceptors (Lipinski definition) is 5. The van der Waals surface area contributed by atoms with Gasteiger partial charge in [-0.15, -0.1) is 0 Å². The molecule has 7 heteroatoms. The van der Waals surface area contributed by atoms with Gasteiger partial charge >= 0.3 is 8.80 Å². The highest BCUT2D eigenvalue weighted by Crippen LogP contribution is 2.17. The molecule has 0 amide bonds. The van der Waals surface area contributed by atoms with Crippen molar-refractivity contribution < 1.29 is 13.3 Å². The maximum Gasteiger partial charge on any atom is 0.518 e. The van der Waals surface area contributed by atoms with Gasteiger partial charge in [0, 0.05) is 38.8 Å². The van der Waals surface area contributed by atoms with Gasteiger partial charge in [-0.2, -0.15) is 0 Å². The van der Waals surface area contributed by atoms with Crippen LogP contribution in [-0.2, 0) is 19.8 Å². The van der Waals surface area contributed by atoms with E-state index in [4.69, 9.17) is 19.0 Å². The second kappa shape index (κ2) is 9.25. The molecule has 1 atom stereocenters. The van der Waals surface area contributed by atoms with Gasteiger partial charge in [0.1, 0.15) is 0 Å². The highest BCUT2D eigenvalue weighted by Gasteiger charge is 2.47. The number of rotatable bonds is 11. The van der Waals surface area contributed by atoms with E-state index >= 15 is 0 Å². The summed E-state index contributed by atoms with van der Waals surface area (Å²) in [5, 5.41) is 0. The lowest BCUT2D eigenvalue weighted by atomic mass is 10.3. The molecule has 116 valence electrons. The average Bonchev–Trinajstić information content (AvgIpc) is 2.92. The minimum Gasteiger partial charge on any atom is -0.373 e. The number of imidazole rings is 1. The smallest absolute Gasteiger partial charge is 0.373 e. The van der Waals surface area contributed by atoms with Crippen LogP contribution in [0.4, 0.5) is 0 Å². The Bertz CT molecular complexity index is 332. The number of aromatic nitrogens is 2. The van der Waals surface area contributed by atoms with Crippen molar-refractivity contribution in [3.63, 3.8) is 0 Å². The zero-order valence-corrected chi connectivity index (χ0v) is 13.7. The lowest BCUT2D eigenvalue weighted by molar-refractivity contribution is 0.0610. The van der Waals surface area contributed by atoms with Crippen molar-refractivity contribution in [3.8, 4) is 0 Å². The van der Waals surface area contributed by atoms with E-state index in [2.05, 4.69) is 4.98 Å². The molecule has 2 N–H and O–H groups in total. The Morgan fingerprint density at radius 2 is 1.75 bits per heavy atom. The average molecular weight is 301 g/mol. The van der Waals surface area contributed by atoms with Crippen molar-refractivity contribution in [2.45, 2.75) is 45.8 Å². The monoisotopic (exact) mass is 301 g/mol. The molecule has 0 bridgehead atoms. The van der Waals surface area contributed by atoms with E-state index in [1.54, 1.807) is 6.20 Å². The number of nitrogens with zero attached hydrogens (tertiary/aromatic N) is 2. The Morgan fingerprint density at radius 1 is 1.15 bits per heavy atom. The highest BCUT2D eigenvalue weighted by atomic mass is 28.4. The Labute approximate surface area is 122 Å². The van der Waals surface area contributed by atoms with E-state index in [1.807, 2.05) is 37.9 Å². The van der Waals surface area contributed by atoms with Crippen LogP contribution in [0, 0.1) is 0 Å². The molecule has 1 aromatic rings. The van der Waals surface area contributed by atoms with Crippen LogP contribution in [0.5, 0.6) is 0 Å². The molecule has 1 heterocycles. The van der Waals surface area contributed by atoms with Crippen LogP contribution < -0.4 is 5.73 Å². The van der Waals surface area contributed by atoms with Gasteiger partial charge in [0.15, 0.2) is 0 Å². The molecule has 1 rings (SSSR count). The van der Waals surface area contributed by atoms with E-state index in [0.717, 1.165) is 19.4 Å². The minimum atomic E-state index is -2.77. The Kier molecular flexibility index (Phi) is 8.01. The number of aryl methyl sites for hydroxylation is 1. The van der Waals surface area contributed by atoms with E-state index in [0.29, 0.717) is 19.8 Å². The molecule has 0 saturated heterocycles. The van der Waals surface area contributed by atoms with Crippen molar-refractivity contribution in [1.29, 1.82) is 0 Å². The predicted octanol–water partition coefficient (Wildman–Crippen LogP) is 1.58. The first-order chi connectivity index (χ1) is 9.68. The van der Waals surface area contributed by atoms with Gasteiger partial charge < -0.3 is 23.6 Å². The van der Waals surface area contributed by atoms with Crippen LogP contribution in [0.1, 0.15) is 33.6 Å². The van der Waals surface area contributed by atoms with Crippen molar-refractivity contribution in [3.05, 3.63) is 18.7 Å². The first-order valence-electron chi connectivity index (χ1n) is 7.31. The summed E-state index contributed by atoms with van der Waals surface area (Å²) in [6, 6.07) is 0. The lowest BCUT2D eigenvalue weighted by Crippen LogP contribution is -2.60. The summed E-state index contributed by atoms with van der Waals surface area (Å²) in [7, 11) is -2.77. The minimum absolute atomic E-state index is 0.189. The normalized spacial score (nSPS) is 13.6. The second-order valence-corrected chi connectivity index (χ2v) is 7.27. The van der Waals surface area contributed by atoms with Crippen molar-refractivity contribution >= 4 is 8.80 Å². The third-order valence-electron chi connectivity index (χ3n) is 2.98. The van der Waals surface area contributed by atoms with Crippen molar-refractivity contribution in [2.75, 3.05) is 19.8 Å². The molecule has 1 aromatic heterocycles. The summed E-state index contributed by atoms with van der Waals surface area (Å²) in [4.78, 5) is 4.02. The lowest BCUT2D eigenvalue weighted by Gasteiger charge is -2.33. The fourth-order valence-electron chi connectivity index (χ4n) is 2.14. The highest BCUT2D eigenvalue weighted by molar-refractivity contribution is 6.62. The summed E-state index contributed by atoms with van der Waals surface area (Å²) in [6.07, 6.45) is 7.29. The molecule has 6 nitrogen and oxygen atoms in total. The Morgan fingerprint density at radius 3 is 2.20 bits per heavy atom. The Balaban J connectivity index is 2.54. The third-order valence-corrected chi connectivity index (χ3v) is 6.25. The molecular formula is C13H27N3O3Si. The molecule has 1 unspecified atom stereocenters. The number of nitrogens with two attached hydrogens (primary N) is 1. The van der Waals surface area contributed by atoms with Gasteiger partial charge in [0.2, 0.25) is 0 Å². The third kappa shape index (κ3) is 4.99. The second-order valence-electron chi connectivity index (χ2n) is 4.45. The van der Waals surface area contributed by atoms with E-state index in [-0.39, 0.29) is 5.67 Å². The van der Waals surface area contributed by atoms with Crippen LogP contribution in [0.25, 0.3) is 0 Å². The van der Waals surface area contributed by atoms with Crippen LogP contribution in [-0.4, -0.2) is 43.8 Å². The summed E-state index contributed by atoms with van der Waals surface area (Å²) in [6.45, 7) is 8.39. The SMILES string of the molecule is CCO[Si](OCC)(OCC)C(N)CCCn1ccnc1. The molecule has 0 saturated carbocycles. The molecule has 0 aliphatic carbocycles. The summed E-state index contributed by atoms with van der Waals surface area (Å²) in [5.41, 5.74) is 6.12. The van der Waals surface area contributed by atoms with Crippen molar-refractivity contribution in [2.24, 2.45) is 5.73 Å². The van der Waals surface area contributed by atoms with Crippen molar-refractivity contribution in [1.82, 2.24) is 9.55 Å². The van der Waals surface area contributed by atoms with Gasteiger partial charge in [0.25, 0.3) is 0 Å². The van der Waals surface area contributed by atoms with Gasteiger partial charge in [-0.25, -0.2) is 4.98 Å². The van der Waals surface area contributed by atoms with Crippen LogP contribution in [0.15, 0.2) is 18.7 Å².